The third kappa shape index (κ3) is 8.79. The van der Waals surface area contributed by atoms with Crippen LogP contribution in [-0.2, 0) is 32.4 Å². The Bertz CT molecular complexity index is 1410. The van der Waals surface area contributed by atoms with Crippen LogP contribution in [0.3, 0.4) is 0 Å². The van der Waals surface area contributed by atoms with Gasteiger partial charge in [0, 0.05) is 16.3 Å². The van der Waals surface area contributed by atoms with Crippen molar-refractivity contribution in [1.29, 1.82) is 0 Å². The number of carboxylic acid groups (broad SMARTS) is 1. The van der Waals surface area contributed by atoms with Gasteiger partial charge in [-0.1, -0.05) is 58.4 Å². The summed E-state index contributed by atoms with van der Waals surface area (Å²) in [5.74, 6) is -2.22. The number of aryl methyl sites for hydroxylation is 1. The van der Waals surface area contributed by atoms with Crippen molar-refractivity contribution in [2.24, 2.45) is 0 Å². The zero-order chi connectivity index (χ0) is 27.9. The molecule has 2 unspecified atom stereocenters. The molecule has 3 rings (SSSR count). The van der Waals surface area contributed by atoms with Gasteiger partial charge in [0.1, 0.15) is 15.9 Å². The van der Waals surface area contributed by atoms with E-state index in [0.717, 1.165) is 39.4 Å². The number of carboxylic acids is 1. The van der Waals surface area contributed by atoms with E-state index in [4.69, 9.17) is 4.74 Å². The van der Waals surface area contributed by atoms with E-state index >= 15 is 0 Å². The number of ether oxygens (including phenoxy) is 1. The van der Waals surface area contributed by atoms with Crippen LogP contribution >= 0.6 is 15.9 Å². The fraction of sp³-hybridized carbons (Fsp3) is 0.310. The lowest BCUT2D eigenvalue weighted by Gasteiger charge is -2.18. The minimum atomic E-state index is -3.38. The number of aliphatic carboxylic acids is 1. The summed E-state index contributed by atoms with van der Waals surface area (Å²) in [6.45, 7) is 4.28. The van der Waals surface area contributed by atoms with E-state index in [9.17, 15) is 23.1 Å². The maximum Gasteiger partial charge on any atom is 0.326 e. The molecule has 7 nitrogen and oxygen atoms in total. The molecule has 0 saturated heterocycles. The fourth-order valence-electron chi connectivity index (χ4n) is 4.10. The van der Waals surface area contributed by atoms with Crippen LogP contribution in [0.2, 0.25) is 0 Å². The van der Waals surface area contributed by atoms with Crippen LogP contribution in [0.4, 0.5) is 0 Å². The number of hydrogen-bond donors (Lipinski definition) is 2. The smallest absolute Gasteiger partial charge is 0.326 e. The van der Waals surface area contributed by atoms with Gasteiger partial charge in [0.2, 0.25) is 0 Å². The molecule has 0 fully saturated rings. The van der Waals surface area contributed by atoms with E-state index in [2.05, 4.69) is 33.4 Å². The molecular formula is C29H32BrNO6S. The zero-order valence-corrected chi connectivity index (χ0v) is 24.0. The summed E-state index contributed by atoms with van der Waals surface area (Å²) in [5, 5.41) is 12.1. The number of nitrogens with one attached hydrogen (secondary N) is 1. The van der Waals surface area contributed by atoms with Crippen molar-refractivity contribution < 1.29 is 27.9 Å². The van der Waals surface area contributed by atoms with Crippen molar-refractivity contribution in [3.8, 4) is 11.1 Å². The van der Waals surface area contributed by atoms with Crippen molar-refractivity contribution in [3.63, 3.8) is 0 Å². The molecule has 0 radical (unpaired) electrons. The Labute approximate surface area is 232 Å². The van der Waals surface area contributed by atoms with Crippen LogP contribution in [0.1, 0.15) is 40.4 Å². The molecule has 0 aromatic heterocycles. The van der Waals surface area contributed by atoms with Crippen molar-refractivity contribution >= 4 is 37.6 Å². The zero-order valence-electron chi connectivity index (χ0n) is 21.6. The Morgan fingerprint density at radius 2 is 1.74 bits per heavy atom. The second kappa shape index (κ2) is 13.2. The first-order valence-corrected chi connectivity index (χ1v) is 15.0. The highest BCUT2D eigenvalue weighted by atomic mass is 79.9. The second-order valence-electron chi connectivity index (χ2n) is 9.43. The Balaban J connectivity index is 1.83. The van der Waals surface area contributed by atoms with E-state index in [1.807, 2.05) is 56.3 Å². The number of carbonyl (C=O) groups is 2. The lowest BCUT2D eigenvalue weighted by atomic mass is 9.93. The molecule has 0 aliphatic carbocycles. The van der Waals surface area contributed by atoms with E-state index in [0.29, 0.717) is 17.7 Å². The highest BCUT2D eigenvalue weighted by molar-refractivity contribution is 9.10. The molecule has 38 heavy (non-hydrogen) atoms. The average Bonchev–Trinajstić information content (AvgIpc) is 2.84. The van der Waals surface area contributed by atoms with Gasteiger partial charge in [0.05, 0.1) is 18.5 Å². The van der Waals surface area contributed by atoms with Crippen molar-refractivity contribution in [1.82, 2.24) is 5.32 Å². The normalized spacial score (nSPS) is 13.1. The van der Waals surface area contributed by atoms with Crippen LogP contribution in [-0.4, -0.2) is 49.6 Å². The Kier molecular flexibility index (Phi) is 10.2. The van der Waals surface area contributed by atoms with Gasteiger partial charge < -0.3 is 15.2 Å². The molecule has 0 aliphatic heterocycles. The Morgan fingerprint density at radius 3 is 2.39 bits per heavy atom. The monoisotopic (exact) mass is 601 g/mol. The predicted molar refractivity (Wildman–Crippen MR) is 152 cm³/mol. The van der Waals surface area contributed by atoms with Crippen LogP contribution < -0.4 is 5.32 Å². The third-order valence-electron chi connectivity index (χ3n) is 6.09. The molecular weight excluding hydrogens is 570 g/mol. The molecule has 202 valence electrons. The number of halogens is 1. The largest absolute Gasteiger partial charge is 0.480 e. The maximum absolute atomic E-state index is 13.2. The van der Waals surface area contributed by atoms with Crippen LogP contribution in [0.5, 0.6) is 0 Å². The quantitative estimate of drug-likeness (QED) is 0.295. The third-order valence-corrected chi connectivity index (χ3v) is 7.56. The highest BCUT2D eigenvalue weighted by Crippen LogP contribution is 2.29. The first kappa shape index (κ1) is 29.5. The molecule has 1 amide bonds. The fourth-order valence-corrected chi connectivity index (χ4v) is 5.21. The molecule has 0 heterocycles. The number of amides is 1. The minimum Gasteiger partial charge on any atom is -0.480 e. The van der Waals surface area contributed by atoms with Crippen molar-refractivity contribution in [2.45, 2.75) is 45.4 Å². The summed E-state index contributed by atoms with van der Waals surface area (Å²) in [7, 11) is -3.38. The topological polar surface area (TPSA) is 110 Å². The second-order valence-corrected chi connectivity index (χ2v) is 12.6. The van der Waals surface area contributed by atoms with Gasteiger partial charge in [0.15, 0.2) is 0 Å². The predicted octanol–water partition coefficient (Wildman–Crippen LogP) is 5.19. The molecule has 3 aromatic carbocycles. The molecule has 3 aromatic rings. The number of carbonyl (C=O) groups excluding carboxylic acids is 1. The van der Waals surface area contributed by atoms with Gasteiger partial charge in [-0.3, -0.25) is 4.79 Å². The Hall–Kier alpha value is -3.01. The molecule has 0 saturated carbocycles. The van der Waals surface area contributed by atoms with Gasteiger partial charge in [0.25, 0.3) is 5.91 Å². The first-order chi connectivity index (χ1) is 17.9. The molecule has 0 aliphatic rings. The average molecular weight is 603 g/mol. The van der Waals surface area contributed by atoms with Gasteiger partial charge in [-0.25, -0.2) is 13.2 Å². The van der Waals surface area contributed by atoms with Crippen LogP contribution in [0.15, 0.2) is 71.2 Å². The number of benzene rings is 3. The van der Waals surface area contributed by atoms with Crippen LogP contribution in [0, 0.1) is 6.92 Å². The number of rotatable bonds is 12. The molecule has 0 bridgehead atoms. The minimum absolute atomic E-state index is 0.0413. The Morgan fingerprint density at radius 1 is 1.00 bits per heavy atom. The van der Waals surface area contributed by atoms with Crippen LogP contribution in [0.25, 0.3) is 11.1 Å². The standard InChI is InChI=1S/C29H32BrNO6S/c1-19-7-4-5-10-24(19)26-17-22(18-37-20(2)15-21-8-6-9-23(30)16-21)11-12-25(26)28(32)31-27(29(33)34)13-14-38(3,35)36/h4-12,16-17,20,27H,13-15,18H2,1-3H3,(H,31,32)(H,33,34). The van der Waals surface area contributed by atoms with Gasteiger partial charge in [-0.2, -0.15) is 0 Å². The number of hydrogen-bond acceptors (Lipinski definition) is 5. The molecule has 0 spiro atoms. The SMILES string of the molecule is Cc1ccccc1-c1cc(COC(C)Cc2cccc(Br)c2)ccc1C(=O)NC(CCS(C)(=O)=O)C(=O)O. The van der Waals surface area contributed by atoms with E-state index in [-0.39, 0.29) is 18.3 Å². The summed E-state index contributed by atoms with van der Waals surface area (Å²) >= 11 is 3.49. The van der Waals surface area contributed by atoms with E-state index in [1.165, 1.54) is 0 Å². The summed E-state index contributed by atoms with van der Waals surface area (Å²) in [4.78, 5) is 25.0. The van der Waals surface area contributed by atoms with Crippen molar-refractivity contribution in [2.75, 3.05) is 12.0 Å². The summed E-state index contributed by atoms with van der Waals surface area (Å²) < 4.78 is 30.2. The van der Waals surface area contributed by atoms with Gasteiger partial charge in [-0.05, 0) is 78.8 Å². The first-order valence-electron chi connectivity index (χ1n) is 12.2. The summed E-state index contributed by atoms with van der Waals surface area (Å²) in [5.41, 5.74) is 4.76. The van der Waals surface area contributed by atoms with Gasteiger partial charge in [-0.15, -0.1) is 0 Å². The van der Waals surface area contributed by atoms with Crippen molar-refractivity contribution in [3.05, 3.63) is 93.5 Å². The molecule has 2 N–H and O–H groups in total. The van der Waals surface area contributed by atoms with E-state index < -0.39 is 27.8 Å². The summed E-state index contributed by atoms with van der Waals surface area (Å²) in [6.07, 6.45) is 1.51. The number of sulfone groups is 1. The van der Waals surface area contributed by atoms with Gasteiger partial charge >= 0.3 is 5.97 Å². The highest BCUT2D eigenvalue weighted by Gasteiger charge is 2.24. The lowest BCUT2D eigenvalue weighted by molar-refractivity contribution is -0.139. The molecule has 2 atom stereocenters. The summed E-state index contributed by atoms with van der Waals surface area (Å²) in [6, 6.07) is 19.7. The van der Waals surface area contributed by atoms with E-state index in [1.54, 1.807) is 12.1 Å². The lowest BCUT2D eigenvalue weighted by Crippen LogP contribution is -2.42. The molecule has 9 heteroatoms. The maximum atomic E-state index is 13.2.